The van der Waals surface area contributed by atoms with Crippen molar-refractivity contribution in [3.8, 4) is 0 Å². The van der Waals surface area contributed by atoms with Crippen LogP contribution in [0.1, 0.15) is 12.5 Å². The number of nitrogens with two attached hydrogens (primary N) is 1. The molecule has 1 aliphatic rings. The van der Waals surface area contributed by atoms with Crippen LogP contribution in [0, 0.1) is 0 Å². The standard InChI is InChI=1S/C10H10N8/c11-9-8-4-15-18(10(8)14-5-13-9)7-2-1-6(3-7)16-17-12/h1-2,4-7H,3H2,(H2,11,13,14)/t6-,7-/m0/s1. The molecule has 2 heterocycles. The Balaban J connectivity index is 1.99. The first kappa shape index (κ1) is 10.5. The Morgan fingerprint density at radius 3 is 3.17 bits per heavy atom. The van der Waals surface area contributed by atoms with Gasteiger partial charge in [-0.15, -0.1) is 0 Å². The Labute approximate surface area is 102 Å². The van der Waals surface area contributed by atoms with E-state index in [0.29, 0.717) is 17.9 Å². The number of aromatic nitrogens is 4. The number of fused-ring (bicyclic) bond motifs is 1. The fraction of sp³-hybridized carbons (Fsp3) is 0.300. The van der Waals surface area contributed by atoms with Crippen molar-refractivity contribution in [2.45, 2.75) is 18.5 Å². The first-order valence-corrected chi connectivity index (χ1v) is 5.46. The van der Waals surface area contributed by atoms with E-state index in [1.165, 1.54) is 6.33 Å². The monoisotopic (exact) mass is 242 g/mol. The third-order valence-electron chi connectivity index (χ3n) is 2.97. The van der Waals surface area contributed by atoms with E-state index in [0.717, 1.165) is 5.39 Å². The molecule has 90 valence electrons. The van der Waals surface area contributed by atoms with Gasteiger partial charge < -0.3 is 5.73 Å². The summed E-state index contributed by atoms with van der Waals surface area (Å²) >= 11 is 0. The average molecular weight is 242 g/mol. The van der Waals surface area contributed by atoms with Gasteiger partial charge in [-0.25, -0.2) is 14.6 Å². The summed E-state index contributed by atoms with van der Waals surface area (Å²) < 4.78 is 1.77. The Bertz CT molecular complexity index is 666. The lowest BCUT2D eigenvalue weighted by Crippen LogP contribution is -2.09. The van der Waals surface area contributed by atoms with Crippen molar-refractivity contribution in [3.63, 3.8) is 0 Å². The maximum atomic E-state index is 8.42. The fourth-order valence-corrected chi connectivity index (χ4v) is 2.12. The summed E-state index contributed by atoms with van der Waals surface area (Å²) in [5, 5.41) is 8.69. The van der Waals surface area contributed by atoms with Gasteiger partial charge in [0.15, 0.2) is 5.65 Å². The molecule has 0 fully saturated rings. The second kappa shape index (κ2) is 4.01. The lowest BCUT2D eigenvalue weighted by atomic mass is 10.2. The number of nitrogen functional groups attached to an aromatic ring is 1. The molecule has 0 bridgehead atoms. The largest absolute Gasteiger partial charge is 0.383 e. The Hall–Kier alpha value is -2.60. The Morgan fingerprint density at radius 2 is 2.33 bits per heavy atom. The molecule has 2 aromatic heterocycles. The molecular weight excluding hydrogens is 232 g/mol. The van der Waals surface area contributed by atoms with Crippen LogP contribution in [-0.2, 0) is 0 Å². The van der Waals surface area contributed by atoms with Crippen LogP contribution < -0.4 is 5.73 Å². The number of anilines is 1. The predicted octanol–water partition coefficient (Wildman–Crippen LogP) is 1.59. The second-order valence-electron chi connectivity index (χ2n) is 4.05. The van der Waals surface area contributed by atoms with E-state index in [-0.39, 0.29) is 12.1 Å². The number of hydrogen-bond donors (Lipinski definition) is 1. The van der Waals surface area contributed by atoms with Gasteiger partial charge in [-0.1, -0.05) is 17.3 Å². The van der Waals surface area contributed by atoms with Gasteiger partial charge >= 0.3 is 0 Å². The molecule has 0 unspecified atom stereocenters. The molecule has 8 nitrogen and oxygen atoms in total. The Morgan fingerprint density at radius 1 is 1.44 bits per heavy atom. The van der Waals surface area contributed by atoms with Crippen molar-refractivity contribution in [1.82, 2.24) is 19.7 Å². The summed E-state index contributed by atoms with van der Waals surface area (Å²) in [4.78, 5) is 10.9. The molecule has 0 radical (unpaired) electrons. The van der Waals surface area contributed by atoms with Gasteiger partial charge in [0.05, 0.1) is 23.7 Å². The molecule has 0 saturated heterocycles. The van der Waals surface area contributed by atoms with Crippen LogP contribution >= 0.6 is 0 Å². The maximum Gasteiger partial charge on any atom is 0.163 e. The van der Waals surface area contributed by atoms with Gasteiger partial charge in [-0.05, 0) is 12.0 Å². The van der Waals surface area contributed by atoms with E-state index >= 15 is 0 Å². The van der Waals surface area contributed by atoms with Crippen molar-refractivity contribution in [3.05, 3.63) is 35.1 Å². The number of azide groups is 1. The van der Waals surface area contributed by atoms with E-state index < -0.39 is 0 Å². The van der Waals surface area contributed by atoms with Crippen LogP contribution in [0.3, 0.4) is 0 Å². The van der Waals surface area contributed by atoms with E-state index in [2.05, 4.69) is 25.1 Å². The zero-order valence-corrected chi connectivity index (χ0v) is 9.38. The lowest BCUT2D eigenvalue weighted by Gasteiger charge is -2.10. The van der Waals surface area contributed by atoms with E-state index in [1.807, 2.05) is 12.2 Å². The van der Waals surface area contributed by atoms with Crippen molar-refractivity contribution >= 4 is 16.9 Å². The molecule has 8 heteroatoms. The van der Waals surface area contributed by atoms with Crippen molar-refractivity contribution < 1.29 is 0 Å². The molecule has 2 atom stereocenters. The first-order valence-electron chi connectivity index (χ1n) is 5.46. The zero-order chi connectivity index (χ0) is 12.5. The number of allylic oxidation sites excluding steroid dienone is 1. The van der Waals surface area contributed by atoms with Crippen LogP contribution in [-0.4, -0.2) is 25.8 Å². The molecule has 2 aromatic rings. The highest BCUT2D eigenvalue weighted by Crippen LogP contribution is 2.28. The van der Waals surface area contributed by atoms with Crippen LogP contribution in [0.2, 0.25) is 0 Å². The highest BCUT2D eigenvalue weighted by Gasteiger charge is 2.22. The fourth-order valence-electron chi connectivity index (χ4n) is 2.12. The third-order valence-corrected chi connectivity index (χ3v) is 2.97. The van der Waals surface area contributed by atoms with Crippen LogP contribution in [0.5, 0.6) is 0 Å². The minimum atomic E-state index is -0.126. The number of rotatable bonds is 2. The van der Waals surface area contributed by atoms with E-state index in [4.69, 9.17) is 11.3 Å². The highest BCUT2D eigenvalue weighted by molar-refractivity contribution is 5.84. The van der Waals surface area contributed by atoms with E-state index in [1.54, 1.807) is 10.9 Å². The summed E-state index contributed by atoms with van der Waals surface area (Å²) in [5.41, 5.74) is 14.9. The second-order valence-corrected chi connectivity index (χ2v) is 4.05. The zero-order valence-electron chi connectivity index (χ0n) is 9.38. The van der Waals surface area contributed by atoms with Gasteiger partial charge in [-0.2, -0.15) is 5.10 Å². The SMILES string of the molecule is [N-]=[N+]=N[C@H]1C=C[C@H](n2ncc3c(N)ncnc32)C1. The van der Waals surface area contributed by atoms with Crippen LogP contribution in [0.4, 0.5) is 5.82 Å². The van der Waals surface area contributed by atoms with Crippen molar-refractivity contribution in [1.29, 1.82) is 0 Å². The summed E-state index contributed by atoms with van der Waals surface area (Å²) in [5.74, 6) is 0.417. The van der Waals surface area contributed by atoms with Crippen molar-refractivity contribution in [2.75, 3.05) is 5.73 Å². The van der Waals surface area contributed by atoms with Gasteiger partial charge in [-0.3, -0.25) is 0 Å². The number of nitrogens with zero attached hydrogens (tertiary/aromatic N) is 7. The van der Waals surface area contributed by atoms with Crippen LogP contribution in [0.25, 0.3) is 21.5 Å². The summed E-state index contributed by atoms with van der Waals surface area (Å²) in [6, 6.07) is -0.0919. The molecule has 18 heavy (non-hydrogen) atoms. The highest BCUT2D eigenvalue weighted by atomic mass is 15.3. The normalized spacial score (nSPS) is 22.2. The minimum Gasteiger partial charge on any atom is -0.383 e. The minimum absolute atomic E-state index is 0.0345. The van der Waals surface area contributed by atoms with E-state index in [9.17, 15) is 0 Å². The third kappa shape index (κ3) is 1.56. The molecular formula is C10H10N8. The maximum absolute atomic E-state index is 8.42. The molecule has 0 aliphatic heterocycles. The van der Waals surface area contributed by atoms with Crippen LogP contribution in [0.15, 0.2) is 29.8 Å². The molecule has 3 rings (SSSR count). The first-order chi connectivity index (χ1) is 8.79. The lowest BCUT2D eigenvalue weighted by molar-refractivity contribution is 0.520. The van der Waals surface area contributed by atoms with Gasteiger partial charge in [0.1, 0.15) is 12.1 Å². The smallest absolute Gasteiger partial charge is 0.163 e. The predicted molar refractivity (Wildman–Crippen MR) is 65.5 cm³/mol. The molecule has 0 aromatic carbocycles. The Kier molecular flexibility index (Phi) is 2.35. The molecule has 0 saturated carbocycles. The quantitative estimate of drug-likeness (QED) is 0.372. The van der Waals surface area contributed by atoms with Gasteiger partial charge in [0, 0.05) is 4.91 Å². The molecule has 1 aliphatic carbocycles. The average Bonchev–Trinajstić information content (AvgIpc) is 2.96. The van der Waals surface area contributed by atoms with Gasteiger partial charge in [0.2, 0.25) is 0 Å². The summed E-state index contributed by atoms with van der Waals surface area (Å²) in [6.07, 6.45) is 7.59. The molecule has 0 spiro atoms. The van der Waals surface area contributed by atoms with Crippen molar-refractivity contribution in [2.24, 2.45) is 5.11 Å². The molecule has 0 amide bonds. The number of hydrogen-bond acceptors (Lipinski definition) is 5. The van der Waals surface area contributed by atoms with Gasteiger partial charge in [0.25, 0.3) is 0 Å². The molecule has 2 N–H and O–H groups in total. The topological polar surface area (TPSA) is 118 Å². The summed E-state index contributed by atoms with van der Waals surface area (Å²) in [6.45, 7) is 0. The summed E-state index contributed by atoms with van der Waals surface area (Å²) in [7, 11) is 0.